The van der Waals surface area contributed by atoms with Crippen LogP contribution in [0.25, 0.3) is 0 Å². The molecule has 94 valence electrons. The molecular formula is C10H20N2O3S. The summed E-state index contributed by atoms with van der Waals surface area (Å²) in [6.07, 6.45) is 1.14. The number of nitrogens with one attached hydrogen (secondary N) is 1. The third kappa shape index (κ3) is 3.18. The average Bonchev–Trinajstić information content (AvgIpc) is 2.16. The first-order valence-corrected chi connectivity index (χ1v) is 7.48. The molecule has 0 aliphatic carbocycles. The molecule has 1 saturated heterocycles. The van der Waals surface area contributed by atoms with Gasteiger partial charge in [0.25, 0.3) is 0 Å². The molecule has 1 heterocycles. The molecule has 0 spiro atoms. The Balaban J connectivity index is 2.83. The summed E-state index contributed by atoms with van der Waals surface area (Å²) in [4.78, 5) is 13.7. The molecule has 1 rings (SSSR count). The maximum absolute atomic E-state index is 12.1. The number of hydrogen-bond acceptors (Lipinski definition) is 4. The maximum Gasteiger partial charge on any atom is 0.241 e. The molecule has 0 aromatic heterocycles. The Morgan fingerprint density at radius 1 is 1.25 bits per heavy atom. The monoisotopic (exact) mass is 248 g/mol. The van der Waals surface area contributed by atoms with E-state index in [9.17, 15) is 13.2 Å². The summed E-state index contributed by atoms with van der Waals surface area (Å²) < 4.78 is 23.2. The van der Waals surface area contributed by atoms with E-state index in [0.717, 1.165) is 19.3 Å². The van der Waals surface area contributed by atoms with E-state index in [1.54, 1.807) is 18.7 Å². The third-order valence-corrected chi connectivity index (χ3v) is 4.41. The topological polar surface area (TPSA) is 66.5 Å². The summed E-state index contributed by atoms with van der Waals surface area (Å²) in [7, 11) is -3.32. The predicted octanol–water partition coefficient (Wildman–Crippen LogP) is -0.513. The quantitative estimate of drug-likeness (QED) is 0.730. The maximum atomic E-state index is 12.1. The zero-order chi connectivity index (χ0) is 12.3. The van der Waals surface area contributed by atoms with E-state index in [1.807, 2.05) is 0 Å². The fraction of sp³-hybridized carbons (Fsp3) is 0.900. The van der Waals surface area contributed by atoms with Gasteiger partial charge in [-0.15, -0.1) is 0 Å². The van der Waals surface area contributed by atoms with Crippen LogP contribution in [0.1, 0.15) is 13.8 Å². The minimum absolute atomic E-state index is 0.183. The molecular weight excluding hydrogens is 228 g/mol. The summed E-state index contributed by atoms with van der Waals surface area (Å²) in [5, 5.41) is 2.24. The highest BCUT2D eigenvalue weighted by Gasteiger charge is 2.35. The van der Waals surface area contributed by atoms with Crippen LogP contribution in [0.15, 0.2) is 0 Å². The highest BCUT2D eigenvalue weighted by molar-refractivity contribution is 7.92. The van der Waals surface area contributed by atoms with E-state index < -0.39 is 15.1 Å². The first-order valence-electron chi connectivity index (χ1n) is 5.52. The molecule has 0 radical (unpaired) electrons. The van der Waals surface area contributed by atoms with Crippen LogP contribution < -0.4 is 5.32 Å². The molecule has 1 atom stereocenters. The van der Waals surface area contributed by atoms with Crippen molar-refractivity contribution in [2.45, 2.75) is 19.1 Å². The number of hydrogen-bond donors (Lipinski definition) is 1. The van der Waals surface area contributed by atoms with Gasteiger partial charge in [0, 0.05) is 32.4 Å². The van der Waals surface area contributed by atoms with E-state index in [4.69, 9.17) is 0 Å². The molecule has 0 bridgehead atoms. The van der Waals surface area contributed by atoms with Gasteiger partial charge in [-0.05, 0) is 5.92 Å². The highest BCUT2D eigenvalue weighted by Crippen LogP contribution is 2.15. The van der Waals surface area contributed by atoms with Crippen molar-refractivity contribution in [2.24, 2.45) is 5.92 Å². The Morgan fingerprint density at radius 2 is 1.75 bits per heavy atom. The van der Waals surface area contributed by atoms with Gasteiger partial charge in [0.15, 0.2) is 9.84 Å². The van der Waals surface area contributed by atoms with Crippen LogP contribution >= 0.6 is 0 Å². The summed E-state index contributed by atoms with van der Waals surface area (Å²) in [5.41, 5.74) is 0. The van der Waals surface area contributed by atoms with E-state index >= 15 is 0 Å². The molecule has 6 heteroatoms. The second kappa shape index (κ2) is 5.14. The van der Waals surface area contributed by atoms with Gasteiger partial charge in [-0.2, -0.15) is 0 Å². The van der Waals surface area contributed by atoms with Crippen molar-refractivity contribution in [3.8, 4) is 0 Å². The number of piperazine rings is 1. The minimum atomic E-state index is -3.32. The van der Waals surface area contributed by atoms with Gasteiger partial charge in [0.1, 0.15) is 5.25 Å². The lowest BCUT2D eigenvalue weighted by Gasteiger charge is -2.31. The number of carbonyl (C=O) groups excluding carboxylic acids is 1. The van der Waals surface area contributed by atoms with E-state index in [0.29, 0.717) is 13.1 Å². The molecule has 5 nitrogen and oxygen atoms in total. The largest absolute Gasteiger partial charge is 0.339 e. The fourth-order valence-electron chi connectivity index (χ4n) is 2.03. The van der Waals surface area contributed by atoms with Gasteiger partial charge in [0.2, 0.25) is 5.91 Å². The molecule has 0 saturated carbocycles. The minimum Gasteiger partial charge on any atom is -0.339 e. The fourth-order valence-corrected chi connectivity index (χ4v) is 3.53. The molecule has 0 aromatic carbocycles. The Kier molecular flexibility index (Phi) is 4.32. The first kappa shape index (κ1) is 13.4. The molecule has 1 aliphatic heterocycles. The van der Waals surface area contributed by atoms with E-state index in [-0.39, 0.29) is 11.8 Å². The number of nitrogens with zero attached hydrogens (tertiary/aromatic N) is 1. The van der Waals surface area contributed by atoms with Gasteiger partial charge < -0.3 is 10.2 Å². The van der Waals surface area contributed by atoms with Gasteiger partial charge >= 0.3 is 0 Å². The van der Waals surface area contributed by atoms with Crippen molar-refractivity contribution in [3.05, 3.63) is 0 Å². The number of sulfone groups is 1. The Bertz CT molecular complexity index is 345. The standard InChI is InChI=1S/C10H20N2O3S/c1-8(2)9(16(3,14)15)10(13)12-6-4-11-5-7-12/h8-9,11H,4-7H2,1-3H3. The van der Waals surface area contributed by atoms with Crippen LogP contribution in [0.4, 0.5) is 0 Å². The Labute approximate surface area is 97.1 Å². The number of rotatable bonds is 3. The summed E-state index contributed by atoms with van der Waals surface area (Å²) in [6.45, 7) is 6.20. The lowest BCUT2D eigenvalue weighted by molar-refractivity contribution is -0.132. The van der Waals surface area contributed by atoms with Gasteiger partial charge in [-0.1, -0.05) is 13.8 Å². The van der Waals surface area contributed by atoms with Crippen molar-refractivity contribution >= 4 is 15.7 Å². The zero-order valence-corrected chi connectivity index (χ0v) is 10.9. The van der Waals surface area contributed by atoms with Crippen LogP contribution in [0, 0.1) is 5.92 Å². The lowest BCUT2D eigenvalue weighted by Crippen LogP contribution is -2.52. The molecule has 1 N–H and O–H groups in total. The zero-order valence-electron chi connectivity index (χ0n) is 10.1. The average molecular weight is 248 g/mol. The van der Waals surface area contributed by atoms with Gasteiger partial charge in [0.05, 0.1) is 0 Å². The van der Waals surface area contributed by atoms with Crippen LogP contribution in [-0.2, 0) is 14.6 Å². The van der Waals surface area contributed by atoms with Crippen molar-refractivity contribution in [1.29, 1.82) is 0 Å². The van der Waals surface area contributed by atoms with E-state index in [1.165, 1.54) is 0 Å². The molecule has 1 amide bonds. The predicted molar refractivity (Wildman–Crippen MR) is 62.9 cm³/mol. The lowest BCUT2D eigenvalue weighted by atomic mass is 10.1. The molecule has 16 heavy (non-hydrogen) atoms. The highest BCUT2D eigenvalue weighted by atomic mass is 32.2. The van der Waals surface area contributed by atoms with Crippen molar-refractivity contribution in [2.75, 3.05) is 32.4 Å². The first-order chi connectivity index (χ1) is 7.34. The van der Waals surface area contributed by atoms with Crippen molar-refractivity contribution < 1.29 is 13.2 Å². The summed E-state index contributed by atoms with van der Waals surface area (Å²) in [6, 6.07) is 0. The number of amides is 1. The van der Waals surface area contributed by atoms with Gasteiger partial charge in [-0.3, -0.25) is 4.79 Å². The second-order valence-corrected chi connectivity index (χ2v) is 6.74. The van der Waals surface area contributed by atoms with Gasteiger partial charge in [-0.25, -0.2) is 8.42 Å². The van der Waals surface area contributed by atoms with E-state index in [2.05, 4.69) is 5.32 Å². The molecule has 1 aliphatic rings. The van der Waals surface area contributed by atoms with Crippen LogP contribution in [0.5, 0.6) is 0 Å². The molecule has 1 unspecified atom stereocenters. The smallest absolute Gasteiger partial charge is 0.241 e. The van der Waals surface area contributed by atoms with Crippen LogP contribution in [-0.4, -0.2) is 56.9 Å². The second-order valence-electron chi connectivity index (χ2n) is 4.57. The normalized spacial score (nSPS) is 19.9. The Hall–Kier alpha value is -0.620. The molecule has 1 fully saturated rings. The van der Waals surface area contributed by atoms with Crippen molar-refractivity contribution in [1.82, 2.24) is 10.2 Å². The van der Waals surface area contributed by atoms with Crippen LogP contribution in [0.2, 0.25) is 0 Å². The van der Waals surface area contributed by atoms with Crippen molar-refractivity contribution in [3.63, 3.8) is 0 Å². The SMILES string of the molecule is CC(C)C(C(=O)N1CCNCC1)S(C)(=O)=O. The third-order valence-electron chi connectivity index (χ3n) is 2.74. The Morgan fingerprint density at radius 3 is 2.12 bits per heavy atom. The number of carbonyl (C=O) groups is 1. The summed E-state index contributed by atoms with van der Waals surface area (Å²) >= 11 is 0. The van der Waals surface area contributed by atoms with Crippen LogP contribution in [0.3, 0.4) is 0 Å². The summed E-state index contributed by atoms with van der Waals surface area (Å²) in [5.74, 6) is -0.434. The molecule has 0 aromatic rings.